The summed E-state index contributed by atoms with van der Waals surface area (Å²) in [7, 11) is 2.96. The molecule has 0 radical (unpaired) electrons. The van der Waals surface area contributed by atoms with E-state index in [1.54, 1.807) is 12.3 Å². The fourth-order valence-corrected chi connectivity index (χ4v) is 2.18. The number of aryl methyl sites for hydroxylation is 1. The average Bonchev–Trinajstić information content (AvgIpc) is 2.45. The summed E-state index contributed by atoms with van der Waals surface area (Å²) in [6.07, 6.45) is 3.00. The molecule has 0 aliphatic carbocycles. The molecular weight excluding hydrogens is 294 g/mol. The van der Waals surface area contributed by atoms with Gasteiger partial charge in [0.25, 0.3) is 0 Å². The highest BCUT2D eigenvalue weighted by Gasteiger charge is 2.08. The molecule has 0 fully saturated rings. The van der Waals surface area contributed by atoms with Crippen LogP contribution in [0.4, 0.5) is 5.69 Å². The molecule has 110 valence electrons. The first-order chi connectivity index (χ1) is 10.0. The van der Waals surface area contributed by atoms with E-state index >= 15 is 0 Å². The monoisotopic (exact) mass is 307 g/mol. The minimum atomic E-state index is -0.498. The number of H-pyrrole nitrogens is 1. The van der Waals surface area contributed by atoms with Crippen LogP contribution in [0.3, 0.4) is 0 Å². The molecule has 1 aromatic carbocycles. The predicted molar refractivity (Wildman–Crippen MR) is 81.4 cm³/mol. The molecule has 0 saturated carbocycles. The van der Waals surface area contributed by atoms with Crippen LogP contribution >= 0.6 is 11.6 Å². The Morgan fingerprint density at radius 3 is 2.76 bits per heavy atom. The van der Waals surface area contributed by atoms with E-state index in [0.29, 0.717) is 16.5 Å². The van der Waals surface area contributed by atoms with Crippen LogP contribution in [0, 0.1) is 6.92 Å². The summed E-state index contributed by atoms with van der Waals surface area (Å²) in [5.74, 6) is 0.676. The van der Waals surface area contributed by atoms with Gasteiger partial charge in [-0.2, -0.15) is 4.98 Å². The fraction of sp³-hybridized carbons (Fsp3) is 0.214. The van der Waals surface area contributed by atoms with E-state index in [4.69, 9.17) is 21.1 Å². The molecule has 0 aliphatic rings. The topological polar surface area (TPSA) is 76.6 Å². The van der Waals surface area contributed by atoms with Crippen molar-refractivity contribution in [3.63, 3.8) is 0 Å². The smallest absolute Gasteiger partial charge is 0.348 e. The van der Waals surface area contributed by atoms with Gasteiger partial charge in [0.1, 0.15) is 11.4 Å². The molecule has 0 unspecified atom stereocenters. The number of hydrogen-bond donors (Lipinski definition) is 1. The van der Waals surface area contributed by atoms with E-state index in [2.05, 4.69) is 15.0 Å². The number of nitrogens with one attached hydrogen (secondary N) is 1. The standard InChI is InChI=1S/C14H14ClN3O3/c1-8-4-9(12(20-2)10(15)5-8)6-16-11-7-17-14(19)18-13(11)21-3/h4-7H,1-3H3,(H,17,18,19)/b16-6+. The molecule has 6 nitrogen and oxygen atoms in total. The third kappa shape index (κ3) is 3.41. The van der Waals surface area contributed by atoms with Gasteiger partial charge in [-0.25, -0.2) is 9.79 Å². The number of benzene rings is 1. The number of rotatable bonds is 4. The SMILES string of the molecule is COc1nc(=O)[nH]cc1/N=C/c1cc(C)cc(Cl)c1OC. The van der Waals surface area contributed by atoms with Gasteiger partial charge in [0, 0.05) is 18.0 Å². The molecule has 21 heavy (non-hydrogen) atoms. The van der Waals surface area contributed by atoms with Crippen molar-refractivity contribution in [1.82, 2.24) is 9.97 Å². The second kappa shape index (κ2) is 6.41. The number of methoxy groups -OCH3 is 2. The van der Waals surface area contributed by atoms with Crippen molar-refractivity contribution in [3.8, 4) is 11.6 Å². The van der Waals surface area contributed by atoms with E-state index in [0.717, 1.165) is 11.1 Å². The lowest BCUT2D eigenvalue weighted by molar-refractivity contribution is 0.397. The molecule has 0 aliphatic heterocycles. The third-order valence-corrected chi connectivity index (χ3v) is 2.99. The van der Waals surface area contributed by atoms with Gasteiger partial charge in [-0.15, -0.1) is 0 Å². The van der Waals surface area contributed by atoms with E-state index in [1.165, 1.54) is 20.4 Å². The molecule has 1 N–H and O–H groups in total. The average molecular weight is 308 g/mol. The lowest BCUT2D eigenvalue weighted by Crippen LogP contribution is -2.09. The largest absolute Gasteiger partial charge is 0.495 e. The molecule has 1 heterocycles. The molecule has 7 heteroatoms. The van der Waals surface area contributed by atoms with Gasteiger partial charge < -0.3 is 14.5 Å². The fourth-order valence-electron chi connectivity index (χ4n) is 1.82. The van der Waals surface area contributed by atoms with E-state index in [9.17, 15) is 4.79 Å². The van der Waals surface area contributed by atoms with Gasteiger partial charge in [0.15, 0.2) is 0 Å². The highest BCUT2D eigenvalue weighted by atomic mass is 35.5. The van der Waals surface area contributed by atoms with Crippen molar-refractivity contribution in [2.45, 2.75) is 6.92 Å². The van der Waals surface area contributed by atoms with Crippen molar-refractivity contribution in [1.29, 1.82) is 0 Å². The van der Waals surface area contributed by atoms with Crippen molar-refractivity contribution in [2.75, 3.05) is 14.2 Å². The Bertz CT molecular complexity index is 741. The summed E-state index contributed by atoms with van der Waals surface area (Å²) < 4.78 is 10.3. The van der Waals surface area contributed by atoms with Gasteiger partial charge in [-0.05, 0) is 24.6 Å². The third-order valence-electron chi connectivity index (χ3n) is 2.71. The summed E-state index contributed by atoms with van der Waals surface area (Å²) in [4.78, 5) is 21.5. The van der Waals surface area contributed by atoms with Gasteiger partial charge in [0.2, 0.25) is 5.88 Å². The van der Waals surface area contributed by atoms with Gasteiger partial charge >= 0.3 is 5.69 Å². The highest BCUT2D eigenvalue weighted by molar-refractivity contribution is 6.32. The summed E-state index contributed by atoms with van der Waals surface area (Å²) in [6, 6.07) is 3.69. The van der Waals surface area contributed by atoms with Crippen LogP contribution in [-0.4, -0.2) is 30.4 Å². The van der Waals surface area contributed by atoms with Crippen LogP contribution < -0.4 is 15.2 Å². The Hall–Kier alpha value is -2.34. The van der Waals surface area contributed by atoms with Gasteiger partial charge in [-0.1, -0.05) is 11.6 Å². The molecule has 0 atom stereocenters. The minimum absolute atomic E-state index is 0.146. The first kappa shape index (κ1) is 15.1. The van der Waals surface area contributed by atoms with Crippen molar-refractivity contribution < 1.29 is 9.47 Å². The van der Waals surface area contributed by atoms with Crippen LogP contribution in [0.2, 0.25) is 5.02 Å². The van der Waals surface area contributed by atoms with Crippen LogP contribution in [0.15, 0.2) is 28.1 Å². The van der Waals surface area contributed by atoms with E-state index in [-0.39, 0.29) is 5.88 Å². The van der Waals surface area contributed by atoms with Crippen molar-refractivity contribution in [3.05, 3.63) is 45.0 Å². The number of hydrogen-bond acceptors (Lipinski definition) is 5. The number of nitrogens with zero attached hydrogens (tertiary/aromatic N) is 2. The second-order valence-electron chi connectivity index (χ2n) is 4.23. The first-order valence-corrected chi connectivity index (χ1v) is 6.45. The molecule has 0 spiro atoms. The Labute approximate surface area is 126 Å². The molecule has 0 bridgehead atoms. The number of halogens is 1. The maximum absolute atomic E-state index is 11.1. The lowest BCUT2D eigenvalue weighted by atomic mass is 10.1. The number of ether oxygens (including phenoxy) is 2. The Kier molecular flexibility index (Phi) is 4.59. The number of aliphatic imine (C=N–C) groups is 1. The minimum Gasteiger partial charge on any atom is -0.495 e. The number of aromatic amines is 1. The summed E-state index contributed by atoms with van der Waals surface area (Å²) in [5.41, 5.74) is 1.60. The molecule has 0 saturated heterocycles. The zero-order valence-corrected chi connectivity index (χ0v) is 12.6. The normalized spacial score (nSPS) is 10.9. The van der Waals surface area contributed by atoms with Crippen LogP contribution in [-0.2, 0) is 0 Å². The molecule has 2 rings (SSSR count). The zero-order chi connectivity index (χ0) is 15.4. The zero-order valence-electron chi connectivity index (χ0n) is 11.8. The Balaban J connectivity index is 2.44. The molecular formula is C14H14ClN3O3. The predicted octanol–water partition coefficient (Wildman–Crippen LogP) is 2.50. The van der Waals surface area contributed by atoms with Crippen LogP contribution in [0.25, 0.3) is 0 Å². The maximum atomic E-state index is 11.1. The van der Waals surface area contributed by atoms with Crippen LogP contribution in [0.1, 0.15) is 11.1 Å². The van der Waals surface area contributed by atoms with Crippen molar-refractivity contribution in [2.24, 2.45) is 4.99 Å². The summed E-state index contributed by atoms with van der Waals surface area (Å²) in [6.45, 7) is 1.92. The summed E-state index contributed by atoms with van der Waals surface area (Å²) >= 11 is 6.12. The van der Waals surface area contributed by atoms with E-state index in [1.807, 2.05) is 13.0 Å². The molecule has 0 amide bonds. The van der Waals surface area contributed by atoms with Crippen molar-refractivity contribution >= 4 is 23.5 Å². The molecule has 1 aromatic heterocycles. The van der Waals surface area contributed by atoms with Crippen LogP contribution in [0.5, 0.6) is 11.6 Å². The van der Waals surface area contributed by atoms with Gasteiger partial charge in [0.05, 0.1) is 19.2 Å². The second-order valence-corrected chi connectivity index (χ2v) is 4.63. The number of aromatic nitrogens is 2. The quantitative estimate of drug-likeness (QED) is 0.880. The Morgan fingerprint density at radius 1 is 1.33 bits per heavy atom. The van der Waals surface area contributed by atoms with E-state index < -0.39 is 5.69 Å². The Morgan fingerprint density at radius 2 is 2.10 bits per heavy atom. The highest BCUT2D eigenvalue weighted by Crippen LogP contribution is 2.30. The lowest BCUT2D eigenvalue weighted by Gasteiger charge is -2.08. The van der Waals surface area contributed by atoms with Gasteiger partial charge in [-0.3, -0.25) is 0 Å². The summed E-state index contributed by atoms with van der Waals surface area (Å²) in [5, 5.41) is 0.505. The first-order valence-electron chi connectivity index (χ1n) is 6.07. The molecule has 2 aromatic rings. The maximum Gasteiger partial charge on any atom is 0.348 e.